The highest BCUT2D eigenvalue weighted by molar-refractivity contribution is 5.15. The maximum Gasteiger partial charge on any atom is 0.0625 e. The van der Waals surface area contributed by atoms with E-state index in [0.717, 1.165) is 30.3 Å². The third kappa shape index (κ3) is 9.90. The molecule has 1 saturated heterocycles. The van der Waals surface area contributed by atoms with Gasteiger partial charge in [0.25, 0.3) is 0 Å². The van der Waals surface area contributed by atoms with Crippen LogP contribution in [0.2, 0.25) is 0 Å². The number of benzene rings is 1. The fourth-order valence-electron chi connectivity index (χ4n) is 3.94. The summed E-state index contributed by atoms with van der Waals surface area (Å²) in [4.78, 5) is 4.95. The Morgan fingerprint density at radius 3 is 2.32 bits per heavy atom. The van der Waals surface area contributed by atoms with E-state index in [4.69, 9.17) is 0 Å². The van der Waals surface area contributed by atoms with Crippen molar-refractivity contribution in [3.05, 3.63) is 60.4 Å². The lowest BCUT2D eigenvalue weighted by atomic mass is 9.93. The molecule has 2 atom stereocenters. The second kappa shape index (κ2) is 15.1. The molecule has 5 nitrogen and oxygen atoms in total. The van der Waals surface area contributed by atoms with Crippen LogP contribution in [-0.2, 0) is 6.42 Å². The average molecular weight is 430 g/mol. The van der Waals surface area contributed by atoms with Crippen LogP contribution in [-0.4, -0.2) is 69.2 Å². The molecule has 1 aliphatic rings. The predicted molar refractivity (Wildman–Crippen MR) is 136 cm³/mol. The maximum absolute atomic E-state index is 4.50. The first-order chi connectivity index (χ1) is 14.9. The van der Waals surface area contributed by atoms with Crippen molar-refractivity contribution in [2.45, 2.75) is 51.6 Å². The lowest BCUT2D eigenvalue weighted by molar-refractivity contribution is 0.173. The fourth-order valence-corrected chi connectivity index (χ4v) is 3.94. The third-order valence-corrected chi connectivity index (χ3v) is 6.49. The summed E-state index contributed by atoms with van der Waals surface area (Å²) >= 11 is 0. The van der Waals surface area contributed by atoms with Gasteiger partial charge in [0.15, 0.2) is 0 Å². The minimum absolute atomic E-state index is 0.197. The van der Waals surface area contributed by atoms with Crippen molar-refractivity contribution in [1.29, 1.82) is 0 Å². The molecule has 31 heavy (non-hydrogen) atoms. The molecule has 1 fully saturated rings. The number of piperidine rings is 1. The smallest absolute Gasteiger partial charge is 0.0625 e. The minimum Gasteiger partial charge on any atom is -0.380 e. The van der Waals surface area contributed by atoms with Gasteiger partial charge in [-0.2, -0.15) is 0 Å². The Morgan fingerprint density at radius 2 is 1.74 bits per heavy atom. The first kappa shape index (κ1) is 27.2. The summed E-state index contributed by atoms with van der Waals surface area (Å²) in [7, 11) is 5.62. The standard InChI is InChI=1S/C25H42N4.CH5N/c1-20(26-5)21(2)27-22(3)23(4)28(6)16-12-25-14-18-29(19-15-25)17-13-24-10-8-7-9-11-24;1-2/h7-11,20,22,25-27H,2,4,12-19H2,1,3,5-6H3;2H2,1H3. The number of nitrogens with zero attached hydrogens (tertiary/aromatic N) is 2. The minimum atomic E-state index is 0.197. The first-order valence-electron chi connectivity index (χ1n) is 11.8. The number of nitrogens with two attached hydrogens (primary N) is 1. The van der Waals surface area contributed by atoms with Gasteiger partial charge in [-0.1, -0.05) is 43.5 Å². The van der Waals surface area contributed by atoms with E-state index >= 15 is 0 Å². The Kier molecular flexibility index (Phi) is 13.2. The molecular weight excluding hydrogens is 382 g/mol. The molecular formula is C26H47N5. The number of likely N-dealkylation sites (tertiary alicyclic amines) is 1. The molecule has 1 aliphatic heterocycles. The molecule has 176 valence electrons. The van der Waals surface area contributed by atoms with Crippen LogP contribution >= 0.6 is 0 Å². The number of nitrogens with one attached hydrogen (secondary N) is 2. The molecule has 4 N–H and O–H groups in total. The van der Waals surface area contributed by atoms with Crippen LogP contribution in [0.25, 0.3) is 0 Å². The number of rotatable bonds is 12. The van der Waals surface area contributed by atoms with Gasteiger partial charge in [-0.05, 0) is 78.2 Å². The second-order valence-corrected chi connectivity index (χ2v) is 8.62. The van der Waals surface area contributed by atoms with Crippen molar-refractivity contribution in [3.8, 4) is 0 Å². The SMILES string of the molecule is C=C(NC(C)C(=C)N(C)CCC1CCN(CCc2ccccc2)CC1)C(C)NC.CN. The topological polar surface area (TPSA) is 56.6 Å². The maximum atomic E-state index is 4.50. The molecule has 2 unspecified atom stereocenters. The molecule has 0 aliphatic carbocycles. The predicted octanol–water partition coefficient (Wildman–Crippen LogP) is 3.45. The Balaban J connectivity index is 0.00000233. The molecule has 1 aromatic rings. The highest BCUT2D eigenvalue weighted by Gasteiger charge is 2.20. The summed E-state index contributed by atoms with van der Waals surface area (Å²) in [5.74, 6) is 0.834. The zero-order chi connectivity index (χ0) is 23.2. The van der Waals surface area contributed by atoms with Crippen LogP contribution in [0, 0.1) is 5.92 Å². The molecule has 5 heteroatoms. The van der Waals surface area contributed by atoms with Gasteiger partial charge in [0.2, 0.25) is 0 Å². The zero-order valence-electron chi connectivity index (χ0n) is 20.7. The Hall–Kier alpha value is -1.82. The molecule has 0 saturated carbocycles. The number of hydrogen-bond acceptors (Lipinski definition) is 5. The van der Waals surface area contributed by atoms with Crippen molar-refractivity contribution < 1.29 is 0 Å². The molecule has 1 heterocycles. The zero-order valence-corrected chi connectivity index (χ0v) is 20.7. The summed E-state index contributed by atoms with van der Waals surface area (Å²) < 4.78 is 0. The van der Waals surface area contributed by atoms with Gasteiger partial charge < -0.3 is 26.2 Å². The van der Waals surface area contributed by atoms with Gasteiger partial charge in [-0.15, -0.1) is 0 Å². The first-order valence-corrected chi connectivity index (χ1v) is 11.8. The van der Waals surface area contributed by atoms with Crippen LogP contribution in [0.5, 0.6) is 0 Å². The third-order valence-electron chi connectivity index (χ3n) is 6.49. The molecule has 0 bridgehead atoms. The van der Waals surface area contributed by atoms with Gasteiger partial charge in [-0.3, -0.25) is 0 Å². The van der Waals surface area contributed by atoms with Crippen molar-refractivity contribution in [2.75, 3.05) is 47.3 Å². The van der Waals surface area contributed by atoms with E-state index < -0.39 is 0 Å². The van der Waals surface area contributed by atoms with E-state index in [0.29, 0.717) is 0 Å². The molecule has 0 radical (unpaired) electrons. The molecule has 0 spiro atoms. The normalized spacial score (nSPS) is 16.6. The highest BCUT2D eigenvalue weighted by Crippen LogP contribution is 2.22. The highest BCUT2D eigenvalue weighted by atomic mass is 15.1. The Labute approximate surface area is 191 Å². The van der Waals surface area contributed by atoms with Crippen molar-refractivity contribution in [1.82, 2.24) is 20.4 Å². The fraction of sp³-hybridized carbons (Fsp3) is 0.615. The summed E-state index contributed by atoms with van der Waals surface area (Å²) in [5, 5.41) is 6.70. The van der Waals surface area contributed by atoms with E-state index in [1.165, 1.54) is 51.5 Å². The van der Waals surface area contributed by atoms with Gasteiger partial charge in [0.05, 0.1) is 6.04 Å². The summed E-state index contributed by atoms with van der Waals surface area (Å²) in [5.41, 5.74) is 8.09. The van der Waals surface area contributed by atoms with E-state index in [1.54, 1.807) is 0 Å². The van der Waals surface area contributed by atoms with Crippen LogP contribution in [0.4, 0.5) is 0 Å². The van der Waals surface area contributed by atoms with E-state index in [-0.39, 0.29) is 12.1 Å². The summed E-state index contributed by atoms with van der Waals surface area (Å²) in [6.07, 6.45) is 5.05. The quantitative estimate of drug-likeness (QED) is 0.475. The molecule has 2 rings (SSSR count). The summed E-state index contributed by atoms with van der Waals surface area (Å²) in [6, 6.07) is 11.3. The summed E-state index contributed by atoms with van der Waals surface area (Å²) in [6.45, 7) is 17.5. The van der Waals surface area contributed by atoms with Gasteiger partial charge in [0, 0.05) is 37.6 Å². The van der Waals surface area contributed by atoms with Crippen molar-refractivity contribution >= 4 is 0 Å². The molecule has 1 aromatic carbocycles. The van der Waals surface area contributed by atoms with E-state index in [2.05, 4.69) is 90.6 Å². The number of hydrogen-bond donors (Lipinski definition) is 3. The Bertz CT molecular complexity index is 622. The number of likely N-dealkylation sites (N-methyl/N-ethyl adjacent to an activating group) is 2. The largest absolute Gasteiger partial charge is 0.380 e. The van der Waals surface area contributed by atoms with Gasteiger partial charge >= 0.3 is 0 Å². The van der Waals surface area contributed by atoms with Gasteiger partial charge in [0.1, 0.15) is 0 Å². The van der Waals surface area contributed by atoms with E-state index in [1.807, 2.05) is 7.05 Å². The van der Waals surface area contributed by atoms with Crippen LogP contribution < -0.4 is 16.4 Å². The van der Waals surface area contributed by atoms with Gasteiger partial charge in [-0.25, -0.2) is 0 Å². The van der Waals surface area contributed by atoms with Crippen LogP contribution in [0.15, 0.2) is 54.9 Å². The van der Waals surface area contributed by atoms with Crippen molar-refractivity contribution in [2.24, 2.45) is 11.7 Å². The Morgan fingerprint density at radius 1 is 1.13 bits per heavy atom. The van der Waals surface area contributed by atoms with Crippen LogP contribution in [0.1, 0.15) is 38.7 Å². The average Bonchev–Trinajstić information content (AvgIpc) is 2.82. The molecule has 0 amide bonds. The second-order valence-electron chi connectivity index (χ2n) is 8.62. The van der Waals surface area contributed by atoms with E-state index in [9.17, 15) is 0 Å². The lowest BCUT2D eigenvalue weighted by Crippen LogP contribution is -2.40. The van der Waals surface area contributed by atoms with Crippen LogP contribution in [0.3, 0.4) is 0 Å². The molecule has 0 aromatic heterocycles. The monoisotopic (exact) mass is 429 g/mol. The van der Waals surface area contributed by atoms with Crippen molar-refractivity contribution in [3.63, 3.8) is 0 Å². The lowest BCUT2D eigenvalue weighted by Gasteiger charge is -2.34.